The maximum Gasteiger partial charge on any atom is 0.417 e. The van der Waals surface area contributed by atoms with Gasteiger partial charge in [0, 0.05) is 11.9 Å². The van der Waals surface area contributed by atoms with E-state index in [-0.39, 0.29) is 16.6 Å². The number of urea groups is 1. The molecule has 7 nitrogen and oxygen atoms in total. The summed E-state index contributed by atoms with van der Waals surface area (Å²) < 4.78 is 39.8. The lowest BCUT2D eigenvalue weighted by atomic mass is 10.1. The van der Waals surface area contributed by atoms with Crippen molar-refractivity contribution in [2.45, 2.75) is 25.2 Å². The first-order valence-electron chi connectivity index (χ1n) is 8.36. The Balaban J connectivity index is 1.61. The molecule has 3 aromatic rings. The lowest BCUT2D eigenvalue weighted by Gasteiger charge is -2.10. The SMILES string of the molecule is Cc1ccc(NC(=O)NC(=O)CSc2nnc3ccc(C(F)(F)F)cn23)c(C)c1. The number of anilines is 1. The third-order valence-electron chi connectivity index (χ3n) is 3.91. The number of amides is 3. The fraction of sp³-hybridized carbons (Fsp3) is 0.222. The predicted molar refractivity (Wildman–Crippen MR) is 102 cm³/mol. The largest absolute Gasteiger partial charge is 0.417 e. The fourth-order valence-corrected chi connectivity index (χ4v) is 3.25. The molecule has 0 spiro atoms. The number of nitrogens with zero attached hydrogens (tertiary/aromatic N) is 3. The first kappa shape index (κ1) is 20.6. The number of benzene rings is 1. The van der Waals surface area contributed by atoms with Gasteiger partial charge in [0.2, 0.25) is 5.91 Å². The molecule has 1 aromatic carbocycles. The van der Waals surface area contributed by atoms with E-state index in [0.29, 0.717) is 5.69 Å². The van der Waals surface area contributed by atoms with Crippen LogP contribution in [0.4, 0.5) is 23.7 Å². The van der Waals surface area contributed by atoms with Crippen LogP contribution in [0.15, 0.2) is 41.7 Å². The first-order valence-corrected chi connectivity index (χ1v) is 9.35. The molecular weight excluding hydrogens is 407 g/mol. The highest BCUT2D eigenvalue weighted by Crippen LogP contribution is 2.30. The van der Waals surface area contributed by atoms with E-state index in [0.717, 1.165) is 39.6 Å². The molecule has 0 bridgehead atoms. The Hall–Kier alpha value is -3.08. The molecule has 0 aliphatic heterocycles. The molecule has 0 aliphatic carbocycles. The van der Waals surface area contributed by atoms with Crippen LogP contribution < -0.4 is 10.6 Å². The number of aromatic nitrogens is 3. The molecule has 152 valence electrons. The van der Waals surface area contributed by atoms with E-state index in [1.54, 1.807) is 6.07 Å². The monoisotopic (exact) mass is 423 g/mol. The normalized spacial score (nSPS) is 11.5. The number of carbonyl (C=O) groups excluding carboxylic acids is 2. The molecule has 0 radical (unpaired) electrons. The fourth-order valence-electron chi connectivity index (χ4n) is 2.54. The van der Waals surface area contributed by atoms with Crippen molar-refractivity contribution in [3.05, 3.63) is 53.2 Å². The number of hydrogen-bond acceptors (Lipinski definition) is 5. The summed E-state index contributed by atoms with van der Waals surface area (Å²) in [5.41, 5.74) is 1.81. The molecule has 29 heavy (non-hydrogen) atoms. The standard InChI is InChI=1S/C18H16F3N5O2S/c1-10-3-5-13(11(2)7-10)22-16(28)23-15(27)9-29-17-25-24-14-6-4-12(8-26(14)17)18(19,20)21/h3-8H,9H2,1-2H3,(H2,22,23,27,28). The molecule has 0 unspecified atom stereocenters. The minimum Gasteiger partial charge on any atom is -0.307 e. The molecule has 0 aliphatic rings. The van der Waals surface area contributed by atoms with Gasteiger partial charge in [-0.3, -0.25) is 14.5 Å². The summed E-state index contributed by atoms with van der Waals surface area (Å²) >= 11 is 0.867. The topological polar surface area (TPSA) is 88.4 Å². The van der Waals surface area contributed by atoms with E-state index in [9.17, 15) is 22.8 Å². The zero-order chi connectivity index (χ0) is 21.2. The van der Waals surface area contributed by atoms with Gasteiger partial charge >= 0.3 is 12.2 Å². The number of hydrogen-bond donors (Lipinski definition) is 2. The summed E-state index contributed by atoms with van der Waals surface area (Å²) in [5.74, 6) is -0.849. The summed E-state index contributed by atoms with van der Waals surface area (Å²) in [6.07, 6.45) is -3.65. The summed E-state index contributed by atoms with van der Waals surface area (Å²) in [6, 6.07) is 6.84. The van der Waals surface area contributed by atoms with Gasteiger partial charge in [0.15, 0.2) is 10.8 Å². The molecule has 0 saturated heterocycles. The van der Waals surface area contributed by atoms with Gasteiger partial charge in [-0.25, -0.2) is 4.79 Å². The minimum absolute atomic E-state index is 0.107. The number of alkyl halides is 3. The van der Waals surface area contributed by atoms with Gasteiger partial charge in [-0.15, -0.1) is 10.2 Å². The number of nitrogens with one attached hydrogen (secondary N) is 2. The zero-order valence-electron chi connectivity index (χ0n) is 15.4. The van der Waals surface area contributed by atoms with Gasteiger partial charge < -0.3 is 5.32 Å². The van der Waals surface area contributed by atoms with Crippen molar-refractivity contribution in [3.63, 3.8) is 0 Å². The molecule has 0 atom stereocenters. The zero-order valence-corrected chi connectivity index (χ0v) is 16.2. The van der Waals surface area contributed by atoms with Crippen molar-refractivity contribution in [1.29, 1.82) is 0 Å². The maximum atomic E-state index is 12.9. The second kappa shape index (κ2) is 8.11. The summed E-state index contributed by atoms with van der Waals surface area (Å²) in [6.45, 7) is 3.75. The van der Waals surface area contributed by atoms with Gasteiger partial charge in [0.05, 0.1) is 11.3 Å². The quantitative estimate of drug-likeness (QED) is 0.623. The highest BCUT2D eigenvalue weighted by molar-refractivity contribution is 7.99. The van der Waals surface area contributed by atoms with E-state index in [2.05, 4.69) is 20.8 Å². The Labute approximate surface area is 167 Å². The number of carbonyl (C=O) groups is 2. The molecule has 2 heterocycles. The number of aryl methyl sites for hydroxylation is 2. The number of rotatable bonds is 4. The van der Waals surface area contributed by atoms with Crippen molar-refractivity contribution >= 4 is 35.0 Å². The lowest BCUT2D eigenvalue weighted by molar-refractivity contribution is -0.137. The van der Waals surface area contributed by atoms with E-state index in [1.165, 1.54) is 6.07 Å². The van der Waals surface area contributed by atoms with Crippen LogP contribution in [0.2, 0.25) is 0 Å². The van der Waals surface area contributed by atoms with Crippen LogP contribution in [0.25, 0.3) is 5.65 Å². The molecule has 3 amide bonds. The Morgan fingerprint density at radius 2 is 1.90 bits per heavy atom. The molecule has 0 fully saturated rings. The van der Waals surface area contributed by atoms with E-state index < -0.39 is 23.7 Å². The van der Waals surface area contributed by atoms with Gasteiger partial charge in [-0.2, -0.15) is 13.2 Å². The van der Waals surface area contributed by atoms with Gasteiger partial charge in [-0.05, 0) is 37.6 Å². The van der Waals surface area contributed by atoms with Crippen LogP contribution in [-0.4, -0.2) is 32.3 Å². The van der Waals surface area contributed by atoms with E-state index >= 15 is 0 Å². The van der Waals surface area contributed by atoms with Gasteiger partial charge in [0.1, 0.15) is 0 Å². The van der Waals surface area contributed by atoms with Crippen LogP contribution in [0.1, 0.15) is 16.7 Å². The van der Waals surface area contributed by atoms with Gasteiger partial charge in [0.25, 0.3) is 0 Å². The van der Waals surface area contributed by atoms with Crippen LogP contribution in [0.3, 0.4) is 0 Å². The number of fused-ring (bicyclic) bond motifs is 1. The third kappa shape index (κ3) is 5.05. The lowest BCUT2D eigenvalue weighted by Crippen LogP contribution is -2.35. The Kier molecular flexibility index (Phi) is 5.78. The Morgan fingerprint density at radius 1 is 1.14 bits per heavy atom. The smallest absolute Gasteiger partial charge is 0.307 e. The first-order chi connectivity index (χ1) is 13.6. The van der Waals surface area contributed by atoms with Crippen LogP contribution in [0.5, 0.6) is 0 Å². The highest BCUT2D eigenvalue weighted by atomic mass is 32.2. The van der Waals surface area contributed by atoms with Crippen molar-refractivity contribution in [2.75, 3.05) is 11.1 Å². The minimum atomic E-state index is -4.51. The average molecular weight is 423 g/mol. The summed E-state index contributed by atoms with van der Waals surface area (Å²) in [4.78, 5) is 24.0. The second-order valence-corrected chi connectivity index (χ2v) is 7.18. The summed E-state index contributed by atoms with van der Waals surface area (Å²) in [5, 5.41) is 12.4. The molecule has 2 N–H and O–H groups in total. The van der Waals surface area contributed by atoms with Crippen molar-refractivity contribution in [2.24, 2.45) is 0 Å². The van der Waals surface area contributed by atoms with Gasteiger partial charge in [-0.1, -0.05) is 29.5 Å². The van der Waals surface area contributed by atoms with Crippen LogP contribution in [-0.2, 0) is 11.0 Å². The Bertz CT molecular complexity index is 1080. The number of pyridine rings is 1. The van der Waals surface area contributed by atoms with Crippen LogP contribution in [0, 0.1) is 13.8 Å². The molecule has 11 heteroatoms. The van der Waals surface area contributed by atoms with E-state index in [4.69, 9.17) is 0 Å². The predicted octanol–water partition coefficient (Wildman–Crippen LogP) is 3.81. The van der Waals surface area contributed by atoms with Crippen LogP contribution >= 0.6 is 11.8 Å². The molecule has 0 saturated carbocycles. The maximum absolute atomic E-state index is 12.9. The molecule has 2 aromatic heterocycles. The van der Waals surface area contributed by atoms with Crippen molar-refractivity contribution in [3.8, 4) is 0 Å². The van der Waals surface area contributed by atoms with Crippen molar-refractivity contribution < 1.29 is 22.8 Å². The second-order valence-electron chi connectivity index (χ2n) is 6.24. The number of imide groups is 1. The average Bonchev–Trinajstić information content (AvgIpc) is 3.04. The third-order valence-corrected chi connectivity index (χ3v) is 4.86. The highest BCUT2D eigenvalue weighted by Gasteiger charge is 2.31. The molecular formula is C18H16F3N5O2S. The van der Waals surface area contributed by atoms with E-state index in [1.807, 2.05) is 26.0 Å². The number of halogens is 3. The Morgan fingerprint density at radius 3 is 2.59 bits per heavy atom. The summed E-state index contributed by atoms with van der Waals surface area (Å²) in [7, 11) is 0. The molecule has 3 rings (SSSR count). The van der Waals surface area contributed by atoms with Crippen molar-refractivity contribution in [1.82, 2.24) is 19.9 Å². The number of thioether (sulfide) groups is 1.